The largest absolute Gasteiger partial charge is 0.444 e. The number of amides is 2. The molecule has 1 aromatic heterocycles. The molecule has 4 N–H and O–H groups in total. The lowest BCUT2D eigenvalue weighted by molar-refractivity contribution is -0.122. The van der Waals surface area contributed by atoms with E-state index < -0.39 is 12.1 Å². The number of H-pyrrole nitrogens is 1. The smallest absolute Gasteiger partial charge is 0.411 e. The van der Waals surface area contributed by atoms with E-state index in [2.05, 4.69) is 36.6 Å². The van der Waals surface area contributed by atoms with E-state index in [9.17, 15) is 9.59 Å². The molecule has 206 valence electrons. The van der Waals surface area contributed by atoms with Gasteiger partial charge in [0, 0.05) is 35.1 Å². The summed E-state index contributed by atoms with van der Waals surface area (Å²) in [4.78, 5) is 26.0. The standard InChI is InChI=1S/C28H28ClN7O4/c29-21-12-20(14-23(15-21)32-28(38)40-17-18-6-2-1-3-7-18)25(27(37)30-16-24-10-5-11-39-24)31-22-9-4-8-19(13-22)26-33-35-36-34-26/h1-4,6-9,12-15,24-25,31H,5,10-11,16-17H2,(H,30,37)(H,32,38)(H,33,34,35,36)/t24-,25+/m1/s1. The second kappa shape index (κ2) is 13.0. The van der Waals surface area contributed by atoms with Gasteiger partial charge in [0.2, 0.25) is 11.7 Å². The zero-order chi connectivity index (χ0) is 27.7. The van der Waals surface area contributed by atoms with E-state index in [0.29, 0.717) is 46.5 Å². The number of nitrogens with zero attached hydrogens (tertiary/aromatic N) is 3. The van der Waals surface area contributed by atoms with Crippen molar-refractivity contribution >= 4 is 35.0 Å². The number of aromatic nitrogens is 4. The van der Waals surface area contributed by atoms with Crippen LogP contribution in [0, 0.1) is 0 Å². The summed E-state index contributed by atoms with van der Waals surface area (Å²) < 4.78 is 11.0. The molecule has 0 bridgehead atoms. The van der Waals surface area contributed by atoms with Crippen molar-refractivity contribution in [2.24, 2.45) is 0 Å². The molecule has 4 aromatic rings. The summed E-state index contributed by atoms with van der Waals surface area (Å²) in [5.74, 6) is 0.145. The van der Waals surface area contributed by atoms with E-state index in [4.69, 9.17) is 21.1 Å². The van der Waals surface area contributed by atoms with Gasteiger partial charge in [-0.05, 0) is 59.5 Å². The maximum absolute atomic E-state index is 13.5. The average molecular weight is 562 g/mol. The number of carbonyl (C=O) groups is 2. The number of tetrazole rings is 1. The second-order valence-corrected chi connectivity index (χ2v) is 9.67. The second-order valence-electron chi connectivity index (χ2n) is 9.23. The fourth-order valence-corrected chi connectivity index (χ4v) is 4.59. The summed E-state index contributed by atoms with van der Waals surface area (Å²) in [5, 5.41) is 23.4. The minimum Gasteiger partial charge on any atom is -0.444 e. The van der Waals surface area contributed by atoms with Gasteiger partial charge >= 0.3 is 6.09 Å². The maximum atomic E-state index is 13.5. The first kappa shape index (κ1) is 27.1. The molecule has 1 aliphatic rings. The lowest BCUT2D eigenvalue weighted by atomic mass is 10.0. The molecule has 0 spiro atoms. The molecule has 2 amide bonds. The molecule has 1 aliphatic heterocycles. The number of anilines is 2. The van der Waals surface area contributed by atoms with Gasteiger partial charge in [-0.15, -0.1) is 10.2 Å². The molecule has 3 aromatic carbocycles. The third kappa shape index (κ3) is 7.33. The van der Waals surface area contributed by atoms with Gasteiger partial charge in [0.15, 0.2) is 0 Å². The highest BCUT2D eigenvalue weighted by Gasteiger charge is 2.24. The van der Waals surface area contributed by atoms with E-state index in [-0.39, 0.29) is 18.6 Å². The molecule has 5 rings (SSSR count). The molecule has 12 heteroatoms. The highest BCUT2D eigenvalue weighted by atomic mass is 35.5. The number of carbonyl (C=O) groups excluding carboxylic acids is 2. The Hall–Kier alpha value is -4.48. The van der Waals surface area contributed by atoms with Crippen LogP contribution in [0.3, 0.4) is 0 Å². The van der Waals surface area contributed by atoms with E-state index >= 15 is 0 Å². The maximum Gasteiger partial charge on any atom is 0.411 e. The van der Waals surface area contributed by atoms with Crippen LogP contribution in [0.5, 0.6) is 0 Å². The van der Waals surface area contributed by atoms with Crippen molar-refractivity contribution in [3.05, 3.63) is 88.9 Å². The van der Waals surface area contributed by atoms with Crippen molar-refractivity contribution in [2.45, 2.75) is 31.6 Å². The lowest BCUT2D eigenvalue weighted by Crippen LogP contribution is -2.38. The zero-order valence-corrected chi connectivity index (χ0v) is 22.2. The molecule has 0 radical (unpaired) electrons. The number of ether oxygens (including phenoxy) is 2. The van der Waals surface area contributed by atoms with Crippen LogP contribution < -0.4 is 16.0 Å². The van der Waals surface area contributed by atoms with Crippen LogP contribution >= 0.6 is 11.6 Å². The van der Waals surface area contributed by atoms with E-state index in [0.717, 1.165) is 18.4 Å². The van der Waals surface area contributed by atoms with E-state index in [1.807, 2.05) is 54.6 Å². The normalized spacial score (nSPS) is 15.3. The van der Waals surface area contributed by atoms with Crippen LogP contribution in [-0.4, -0.2) is 51.9 Å². The highest BCUT2D eigenvalue weighted by molar-refractivity contribution is 6.31. The Labute approximate surface area is 235 Å². The topological polar surface area (TPSA) is 143 Å². The van der Waals surface area contributed by atoms with Crippen molar-refractivity contribution in [2.75, 3.05) is 23.8 Å². The summed E-state index contributed by atoms with van der Waals surface area (Å²) in [6.45, 7) is 1.19. The Bertz CT molecular complexity index is 1430. The van der Waals surface area contributed by atoms with E-state index in [1.165, 1.54) is 0 Å². The van der Waals surface area contributed by atoms with Crippen molar-refractivity contribution in [1.29, 1.82) is 0 Å². The first-order valence-electron chi connectivity index (χ1n) is 12.8. The number of rotatable bonds is 10. The molecule has 11 nitrogen and oxygen atoms in total. The third-order valence-corrected chi connectivity index (χ3v) is 6.50. The van der Waals surface area contributed by atoms with Gasteiger partial charge in [0.25, 0.3) is 0 Å². The Morgan fingerprint density at radius 1 is 1.07 bits per heavy atom. The molecule has 2 heterocycles. The Kier molecular flexibility index (Phi) is 8.84. The SMILES string of the molecule is O=C(Nc1cc(Cl)cc([C@H](Nc2cccc(-c3nn[nH]n3)c2)C(=O)NC[C@H]2CCCO2)c1)OCc1ccccc1. The first-order valence-corrected chi connectivity index (χ1v) is 13.2. The van der Waals surface area contributed by atoms with Gasteiger partial charge in [0.05, 0.1) is 6.10 Å². The van der Waals surface area contributed by atoms with Gasteiger partial charge in [-0.3, -0.25) is 10.1 Å². The molecular weight excluding hydrogens is 534 g/mol. The van der Waals surface area contributed by atoms with Crippen LogP contribution in [0.2, 0.25) is 5.02 Å². The number of halogens is 1. The lowest BCUT2D eigenvalue weighted by Gasteiger charge is -2.22. The molecule has 1 fully saturated rings. The van der Waals surface area contributed by atoms with Gasteiger partial charge in [-0.2, -0.15) is 5.21 Å². The van der Waals surface area contributed by atoms with Crippen LogP contribution in [0.4, 0.5) is 16.2 Å². The van der Waals surface area contributed by atoms with Crippen molar-refractivity contribution in [1.82, 2.24) is 25.9 Å². The van der Waals surface area contributed by atoms with Crippen LogP contribution in [0.25, 0.3) is 11.4 Å². The van der Waals surface area contributed by atoms with Crippen LogP contribution in [-0.2, 0) is 20.9 Å². The molecular formula is C28H28ClN7O4. The number of benzene rings is 3. The van der Waals surface area contributed by atoms with Gasteiger partial charge in [-0.25, -0.2) is 4.79 Å². The van der Waals surface area contributed by atoms with Gasteiger partial charge < -0.3 is 20.1 Å². The number of hydrogen-bond acceptors (Lipinski definition) is 8. The Morgan fingerprint density at radius 3 is 2.73 bits per heavy atom. The monoisotopic (exact) mass is 561 g/mol. The molecule has 0 aliphatic carbocycles. The number of nitrogens with one attached hydrogen (secondary N) is 4. The summed E-state index contributed by atoms with van der Waals surface area (Å²) in [6.07, 6.45) is 1.19. The minimum atomic E-state index is -0.846. The fraction of sp³-hybridized carbons (Fsp3) is 0.250. The minimum absolute atomic E-state index is 0.0258. The van der Waals surface area contributed by atoms with E-state index in [1.54, 1.807) is 18.2 Å². The summed E-state index contributed by atoms with van der Waals surface area (Å²) >= 11 is 6.43. The Balaban J connectivity index is 1.35. The summed E-state index contributed by atoms with van der Waals surface area (Å²) in [7, 11) is 0. The zero-order valence-electron chi connectivity index (χ0n) is 21.5. The highest BCUT2D eigenvalue weighted by Crippen LogP contribution is 2.28. The van der Waals surface area contributed by atoms with Crippen LogP contribution in [0.15, 0.2) is 72.8 Å². The number of aromatic amines is 1. The van der Waals surface area contributed by atoms with Crippen LogP contribution in [0.1, 0.15) is 30.0 Å². The van der Waals surface area contributed by atoms with Gasteiger partial charge in [-0.1, -0.05) is 54.1 Å². The third-order valence-electron chi connectivity index (χ3n) is 6.28. The van der Waals surface area contributed by atoms with Crippen molar-refractivity contribution in [3.8, 4) is 11.4 Å². The van der Waals surface area contributed by atoms with Crippen molar-refractivity contribution < 1.29 is 19.1 Å². The Morgan fingerprint density at radius 2 is 1.95 bits per heavy atom. The molecule has 2 atom stereocenters. The predicted molar refractivity (Wildman–Crippen MR) is 150 cm³/mol. The summed E-state index contributed by atoms with van der Waals surface area (Å²) in [5.41, 5.74) is 3.16. The van der Waals surface area contributed by atoms with Gasteiger partial charge in [0.1, 0.15) is 12.6 Å². The molecule has 0 saturated carbocycles. The fourth-order valence-electron chi connectivity index (χ4n) is 4.35. The summed E-state index contributed by atoms with van der Waals surface area (Å²) in [6, 6.07) is 20.8. The number of hydrogen-bond donors (Lipinski definition) is 4. The first-order chi connectivity index (χ1) is 19.5. The molecule has 0 unspecified atom stereocenters. The average Bonchev–Trinajstić information content (AvgIpc) is 3.69. The predicted octanol–water partition coefficient (Wildman–Crippen LogP) is 4.72. The molecule has 40 heavy (non-hydrogen) atoms. The molecule has 1 saturated heterocycles. The van der Waals surface area contributed by atoms with Crippen molar-refractivity contribution in [3.63, 3.8) is 0 Å². The quantitative estimate of drug-likeness (QED) is 0.218.